The van der Waals surface area contributed by atoms with Gasteiger partial charge in [-0.05, 0) is 6.42 Å². The highest BCUT2D eigenvalue weighted by molar-refractivity contribution is 4.50. The molecule has 0 unspecified atom stereocenters. The third-order valence-corrected chi connectivity index (χ3v) is 13.1. The molecule has 0 aromatic rings. The van der Waals surface area contributed by atoms with Gasteiger partial charge in [-0.25, -0.2) is 0 Å². The van der Waals surface area contributed by atoms with E-state index in [1.165, 1.54) is 70.6 Å². The van der Waals surface area contributed by atoms with Crippen molar-refractivity contribution in [2.75, 3.05) is 363 Å². The van der Waals surface area contributed by atoms with Crippen molar-refractivity contribution in [3.05, 3.63) is 0 Å². The van der Waals surface area contributed by atoms with Crippen LogP contribution in [0.4, 0.5) is 0 Å². The van der Waals surface area contributed by atoms with E-state index in [1.54, 1.807) is 0 Å². The second kappa shape index (κ2) is 93.9. The summed E-state index contributed by atoms with van der Waals surface area (Å²) < 4.78 is 149. The van der Waals surface area contributed by atoms with Crippen molar-refractivity contribution < 1.29 is 133 Å². The highest BCUT2D eigenvalue weighted by Gasteiger charge is 2.02. The van der Waals surface area contributed by atoms with Gasteiger partial charge in [0.1, 0.15) is 0 Å². The molecule has 0 radical (unpaired) electrons. The number of ether oxygens (including phenoxy) is 27. The van der Waals surface area contributed by atoms with Crippen LogP contribution in [0.25, 0.3) is 0 Å². The summed E-state index contributed by atoms with van der Waals surface area (Å²) in [5.41, 5.74) is 0. The minimum Gasteiger partial charge on any atom is -0.394 e. The lowest BCUT2D eigenvalue weighted by Gasteiger charge is -2.09. The number of aliphatic hydroxyl groups is 1. The van der Waals surface area contributed by atoms with Crippen LogP contribution >= 0.6 is 0 Å². The van der Waals surface area contributed by atoms with Gasteiger partial charge in [0, 0.05) is 6.61 Å². The lowest BCUT2D eigenvalue weighted by molar-refractivity contribution is -0.0323. The molecule has 0 saturated heterocycles. The summed E-state index contributed by atoms with van der Waals surface area (Å²) >= 11 is 0. The van der Waals surface area contributed by atoms with Crippen LogP contribution in [-0.4, -0.2) is 368 Å². The van der Waals surface area contributed by atoms with Crippen LogP contribution in [0.2, 0.25) is 0 Å². The zero-order chi connectivity index (χ0) is 68.5. The molecule has 0 saturated carbocycles. The summed E-state index contributed by atoms with van der Waals surface area (Å²) in [5.74, 6) is 0. The molecule has 0 aliphatic carbocycles. The molecule has 0 aliphatic heterocycles. The molecule has 0 atom stereocenters. The summed E-state index contributed by atoms with van der Waals surface area (Å²) in [4.78, 5) is 0. The Kier molecular flexibility index (Phi) is 92.8. The van der Waals surface area contributed by atoms with Crippen LogP contribution in [0.3, 0.4) is 0 Å². The van der Waals surface area contributed by atoms with Crippen LogP contribution < -0.4 is 0 Å². The Morgan fingerprint density at radius 2 is 0.208 bits per heavy atom. The van der Waals surface area contributed by atoms with Crippen molar-refractivity contribution >= 4 is 0 Å². The molecule has 0 aliphatic rings. The summed E-state index contributed by atoms with van der Waals surface area (Å²) in [5, 5.41) is 8.62. The van der Waals surface area contributed by atoms with E-state index in [0.717, 1.165) is 13.0 Å². The SMILES string of the molecule is CCCCCCCCCCCCCCOCCOCCOCCOCCOCCOCCOCCOCCOCCOCCOCCOCCOCCOCCOCCOCCOCCOCCOCCOCCOCCOCCOCCOCCOCCOCCOCCO. The van der Waals surface area contributed by atoms with E-state index < -0.39 is 0 Å². The predicted octanol–water partition coefficient (Wildman–Crippen LogP) is 5.13. The molecule has 96 heavy (non-hydrogen) atoms. The van der Waals surface area contributed by atoms with E-state index in [-0.39, 0.29) is 6.61 Å². The standard InChI is InChI=1S/C68H138O28/c1-2-3-4-5-6-7-8-9-10-11-12-13-15-70-17-19-72-21-23-74-25-27-76-29-31-78-33-35-80-37-39-82-41-43-84-45-47-86-49-51-88-53-55-90-57-59-92-61-63-94-65-67-96-68-66-95-64-62-93-60-58-91-56-54-89-52-50-87-48-46-85-44-42-83-40-38-81-36-34-79-32-30-77-28-26-75-24-22-73-20-18-71-16-14-69/h69H,2-68H2,1H3. The Balaban J connectivity index is 3.09. The molecular weight excluding hydrogens is 1260 g/mol. The number of rotatable bonds is 93. The molecule has 28 nitrogen and oxygen atoms in total. The van der Waals surface area contributed by atoms with Gasteiger partial charge < -0.3 is 133 Å². The zero-order valence-electron chi connectivity index (χ0n) is 59.8. The van der Waals surface area contributed by atoms with E-state index in [0.29, 0.717) is 350 Å². The fraction of sp³-hybridized carbons (Fsp3) is 1.00. The third kappa shape index (κ3) is 92.9. The van der Waals surface area contributed by atoms with E-state index in [4.69, 9.17) is 133 Å². The lowest BCUT2D eigenvalue weighted by Crippen LogP contribution is -2.16. The summed E-state index contributed by atoms with van der Waals surface area (Å²) in [6, 6.07) is 0. The van der Waals surface area contributed by atoms with E-state index in [1.807, 2.05) is 0 Å². The van der Waals surface area contributed by atoms with Crippen molar-refractivity contribution in [2.45, 2.75) is 84.0 Å². The lowest BCUT2D eigenvalue weighted by atomic mass is 10.1. The van der Waals surface area contributed by atoms with Crippen LogP contribution in [0.5, 0.6) is 0 Å². The molecule has 28 heteroatoms. The number of hydrogen-bond donors (Lipinski definition) is 1. The third-order valence-electron chi connectivity index (χ3n) is 13.1. The first kappa shape index (κ1) is 94.9. The van der Waals surface area contributed by atoms with Crippen LogP contribution in [0.15, 0.2) is 0 Å². The van der Waals surface area contributed by atoms with E-state index in [2.05, 4.69) is 6.92 Å². The topological polar surface area (TPSA) is 269 Å². The molecule has 0 heterocycles. The highest BCUT2D eigenvalue weighted by atomic mass is 16.6. The van der Waals surface area contributed by atoms with Crippen LogP contribution in [0.1, 0.15) is 84.0 Å². The Hall–Kier alpha value is -1.12. The average Bonchev–Trinajstić information content (AvgIpc) is 3.61. The second-order valence-corrected chi connectivity index (χ2v) is 21.1. The molecule has 578 valence electrons. The first-order valence-electron chi connectivity index (χ1n) is 36.1. The summed E-state index contributed by atoms with van der Waals surface area (Å²) in [7, 11) is 0. The van der Waals surface area contributed by atoms with E-state index in [9.17, 15) is 0 Å². The van der Waals surface area contributed by atoms with Gasteiger partial charge in [-0.2, -0.15) is 0 Å². The van der Waals surface area contributed by atoms with Gasteiger partial charge in [-0.15, -0.1) is 0 Å². The first-order chi connectivity index (χ1) is 47.9. The van der Waals surface area contributed by atoms with Gasteiger partial charge in [0.05, 0.1) is 357 Å². The molecule has 0 aromatic heterocycles. The summed E-state index contributed by atoms with van der Waals surface area (Å²) in [6.07, 6.45) is 16.2. The Labute approximate surface area is 578 Å². The fourth-order valence-electron chi connectivity index (χ4n) is 7.93. The predicted molar refractivity (Wildman–Crippen MR) is 360 cm³/mol. The van der Waals surface area contributed by atoms with Crippen LogP contribution in [0, 0.1) is 0 Å². The largest absolute Gasteiger partial charge is 0.394 e. The molecule has 0 bridgehead atoms. The molecule has 0 amide bonds. The molecule has 0 spiro atoms. The maximum atomic E-state index is 8.62. The second-order valence-electron chi connectivity index (χ2n) is 21.1. The maximum absolute atomic E-state index is 8.62. The Morgan fingerprint density at radius 3 is 0.323 bits per heavy atom. The van der Waals surface area contributed by atoms with Gasteiger partial charge in [0.25, 0.3) is 0 Å². The fourth-order valence-corrected chi connectivity index (χ4v) is 7.93. The minimum absolute atomic E-state index is 0.0175. The minimum atomic E-state index is 0.0175. The first-order valence-corrected chi connectivity index (χ1v) is 36.1. The Morgan fingerprint density at radius 1 is 0.115 bits per heavy atom. The summed E-state index contributed by atoms with van der Waals surface area (Å²) in [6.45, 7) is 29.3. The van der Waals surface area contributed by atoms with Crippen molar-refractivity contribution in [2.24, 2.45) is 0 Å². The average molecular weight is 1400 g/mol. The maximum Gasteiger partial charge on any atom is 0.0701 e. The molecule has 1 N–H and O–H groups in total. The van der Waals surface area contributed by atoms with Crippen LogP contribution in [-0.2, 0) is 128 Å². The molecule has 0 aromatic carbocycles. The van der Waals surface area contributed by atoms with E-state index >= 15 is 0 Å². The van der Waals surface area contributed by atoms with Crippen molar-refractivity contribution in [1.29, 1.82) is 0 Å². The monoisotopic (exact) mass is 1400 g/mol. The van der Waals surface area contributed by atoms with Crippen molar-refractivity contribution in [3.63, 3.8) is 0 Å². The van der Waals surface area contributed by atoms with Crippen molar-refractivity contribution in [1.82, 2.24) is 0 Å². The number of hydrogen-bond acceptors (Lipinski definition) is 28. The molecule has 0 fully saturated rings. The van der Waals surface area contributed by atoms with Gasteiger partial charge >= 0.3 is 0 Å². The van der Waals surface area contributed by atoms with Gasteiger partial charge in [-0.3, -0.25) is 0 Å². The van der Waals surface area contributed by atoms with Gasteiger partial charge in [-0.1, -0.05) is 77.6 Å². The quantitative estimate of drug-likeness (QED) is 0.0773. The zero-order valence-corrected chi connectivity index (χ0v) is 59.8. The number of aliphatic hydroxyl groups excluding tert-OH is 1. The Bertz CT molecular complexity index is 1220. The highest BCUT2D eigenvalue weighted by Crippen LogP contribution is 2.12. The van der Waals surface area contributed by atoms with Crippen molar-refractivity contribution in [3.8, 4) is 0 Å². The molecule has 0 rings (SSSR count). The van der Waals surface area contributed by atoms with Gasteiger partial charge in [0.2, 0.25) is 0 Å². The smallest absolute Gasteiger partial charge is 0.0701 e. The normalized spacial score (nSPS) is 11.8. The molecular formula is C68H138O28. The van der Waals surface area contributed by atoms with Gasteiger partial charge in [0.15, 0.2) is 0 Å². The number of unbranched alkanes of at least 4 members (excludes halogenated alkanes) is 11.